The van der Waals surface area contributed by atoms with E-state index in [1.165, 1.54) is 6.07 Å². The number of carbonyl (C=O) groups excluding carboxylic acids is 1. The van der Waals surface area contributed by atoms with Crippen molar-refractivity contribution in [2.75, 3.05) is 5.32 Å². The number of amides is 1. The first-order valence-corrected chi connectivity index (χ1v) is 5.38. The van der Waals surface area contributed by atoms with E-state index >= 15 is 0 Å². The number of terminal acetylenes is 1. The molecule has 1 aromatic carbocycles. The summed E-state index contributed by atoms with van der Waals surface area (Å²) in [6.45, 7) is 0. The fourth-order valence-corrected chi connectivity index (χ4v) is 1.48. The molecule has 1 amide bonds. The molecule has 0 saturated carbocycles. The molecule has 0 fully saturated rings. The fourth-order valence-electron chi connectivity index (χ4n) is 1.48. The Balaban J connectivity index is 3.17. The van der Waals surface area contributed by atoms with Crippen molar-refractivity contribution in [2.45, 2.75) is 12.5 Å². The Morgan fingerprint density at radius 2 is 2.20 bits per heavy atom. The third-order valence-electron chi connectivity index (χ3n) is 2.43. The van der Waals surface area contributed by atoms with Gasteiger partial charge in [-0.15, -0.1) is 12.3 Å². The minimum Gasteiger partial charge on any atom is -0.480 e. The highest BCUT2D eigenvalue weighted by Crippen LogP contribution is 2.22. The van der Waals surface area contributed by atoms with Crippen LogP contribution in [0.4, 0.5) is 11.4 Å². The number of aliphatic carboxylic acids is 1. The van der Waals surface area contributed by atoms with Crippen molar-refractivity contribution in [3.8, 4) is 12.3 Å². The smallest absolute Gasteiger partial charge is 0.327 e. The second-order valence-corrected chi connectivity index (χ2v) is 3.79. The van der Waals surface area contributed by atoms with Crippen molar-refractivity contribution in [2.24, 2.45) is 5.73 Å². The van der Waals surface area contributed by atoms with Gasteiger partial charge in [-0.25, -0.2) is 4.79 Å². The van der Waals surface area contributed by atoms with E-state index in [1.54, 1.807) is 0 Å². The Kier molecular flexibility index (Phi) is 4.64. The van der Waals surface area contributed by atoms with E-state index in [-0.39, 0.29) is 23.4 Å². The number of benzene rings is 1. The van der Waals surface area contributed by atoms with Crippen LogP contribution >= 0.6 is 0 Å². The standard InChI is InChI=1S/C12H11N3O5/c1-2-3-10(12(17)18)14-9-5-4-7(15(19)20)6-8(9)11(13)16/h1,4-6,10,14H,3H2,(H2,13,16)(H,17,18). The summed E-state index contributed by atoms with van der Waals surface area (Å²) in [7, 11) is 0. The van der Waals surface area contributed by atoms with Crippen LogP contribution in [0.2, 0.25) is 0 Å². The highest BCUT2D eigenvalue weighted by Gasteiger charge is 2.20. The van der Waals surface area contributed by atoms with Crippen LogP contribution in [0.1, 0.15) is 16.8 Å². The van der Waals surface area contributed by atoms with Gasteiger partial charge in [0.05, 0.1) is 10.5 Å². The Labute approximate surface area is 113 Å². The third-order valence-corrected chi connectivity index (χ3v) is 2.43. The number of nitrogens with zero attached hydrogens (tertiary/aromatic N) is 1. The quantitative estimate of drug-likeness (QED) is 0.395. The molecular weight excluding hydrogens is 266 g/mol. The molecule has 20 heavy (non-hydrogen) atoms. The van der Waals surface area contributed by atoms with Crippen LogP contribution in [-0.4, -0.2) is 27.9 Å². The number of primary amides is 1. The summed E-state index contributed by atoms with van der Waals surface area (Å²) in [5.41, 5.74) is 4.69. The minimum absolute atomic E-state index is 0.0748. The largest absolute Gasteiger partial charge is 0.480 e. The van der Waals surface area contributed by atoms with Crippen LogP contribution in [0, 0.1) is 22.5 Å². The lowest BCUT2D eigenvalue weighted by molar-refractivity contribution is -0.384. The van der Waals surface area contributed by atoms with Crippen molar-refractivity contribution in [3.05, 3.63) is 33.9 Å². The average Bonchev–Trinajstić information content (AvgIpc) is 2.37. The average molecular weight is 277 g/mol. The second kappa shape index (κ2) is 6.19. The van der Waals surface area contributed by atoms with E-state index in [1.807, 2.05) is 0 Å². The number of non-ortho nitro benzene ring substituents is 1. The number of nitrogens with one attached hydrogen (secondary N) is 1. The maximum absolute atomic E-state index is 11.3. The van der Waals surface area contributed by atoms with Gasteiger partial charge in [0.25, 0.3) is 11.6 Å². The van der Waals surface area contributed by atoms with Crippen molar-refractivity contribution < 1.29 is 19.6 Å². The second-order valence-electron chi connectivity index (χ2n) is 3.79. The number of hydrogen-bond donors (Lipinski definition) is 3. The van der Waals surface area contributed by atoms with Crippen molar-refractivity contribution >= 4 is 23.3 Å². The van der Waals surface area contributed by atoms with E-state index in [4.69, 9.17) is 17.3 Å². The molecule has 1 rings (SSSR count). The van der Waals surface area contributed by atoms with Gasteiger partial charge in [-0.05, 0) is 6.07 Å². The highest BCUT2D eigenvalue weighted by molar-refractivity contribution is 5.99. The van der Waals surface area contributed by atoms with E-state index in [0.717, 1.165) is 12.1 Å². The van der Waals surface area contributed by atoms with Gasteiger partial charge in [-0.3, -0.25) is 14.9 Å². The summed E-state index contributed by atoms with van der Waals surface area (Å²) >= 11 is 0. The number of carbonyl (C=O) groups is 2. The van der Waals surface area contributed by atoms with E-state index < -0.39 is 22.8 Å². The molecule has 0 saturated heterocycles. The Morgan fingerprint density at radius 3 is 2.65 bits per heavy atom. The lowest BCUT2D eigenvalue weighted by Gasteiger charge is -2.15. The molecule has 0 radical (unpaired) electrons. The zero-order valence-electron chi connectivity index (χ0n) is 10.2. The van der Waals surface area contributed by atoms with E-state index in [0.29, 0.717) is 0 Å². The molecule has 0 aromatic heterocycles. The van der Waals surface area contributed by atoms with Crippen LogP contribution in [0.15, 0.2) is 18.2 Å². The molecular formula is C12H11N3O5. The van der Waals surface area contributed by atoms with E-state index in [9.17, 15) is 19.7 Å². The third kappa shape index (κ3) is 3.46. The molecule has 0 heterocycles. The van der Waals surface area contributed by atoms with Gasteiger partial charge in [0.15, 0.2) is 0 Å². The van der Waals surface area contributed by atoms with Gasteiger partial charge < -0.3 is 16.2 Å². The number of rotatable bonds is 6. The SMILES string of the molecule is C#CCC(Nc1ccc([N+](=O)[O-])cc1C(N)=O)C(=O)O. The first kappa shape index (κ1) is 15.0. The van der Waals surface area contributed by atoms with Crippen LogP contribution in [0.5, 0.6) is 0 Å². The molecule has 104 valence electrons. The zero-order chi connectivity index (χ0) is 15.3. The molecule has 0 aliphatic heterocycles. The highest BCUT2D eigenvalue weighted by atomic mass is 16.6. The summed E-state index contributed by atoms with van der Waals surface area (Å²) < 4.78 is 0. The fraction of sp³-hybridized carbons (Fsp3) is 0.167. The molecule has 4 N–H and O–H groups in total. The molecule has 1 unspecified atom stereocenters. The summed E-state index contributed by atoms with van der Waals surface area (Å²) in [5, 5.41) is 22.1. The first-order valence-electron chi connectivity index (χ1n) is 5.38. The molecule has 0 aliphatic rings. The monoisotopic (exact) mass is 277 g/mol. The Bertz CT molecular complexity index is 606. The molecule has 1 atom stereocenters. The summed E-state index contributed by atoms with van der Waals surface area (Å²) in [4.78, 5) is 32.2. The molecule has 8 nitrogen and oxygen atoms in total. The summed E-state index contributed by atoms with van der Waals surface area (Å²) in [6, 6.07) is 2.19. The van der Waals surface area contributed by atoms with Gasteiger partial charge in [-0.2, -0.15) is 0 Å². The maximum atomic E-state index is 11.3. The molecule has 0 bridgehead atoms. The number of nitro groups is 1. The zero-order valence-corrected chi connectivity index (χ0v) is 10.2. The summed E-state index contributed by atoms with van der Waals surface area (Å²) in [5.74, 6) is 0.0529. The number of hydrogen-bond acceptors (Lipinski definition) is 5. The number of anilines is 1. The number of nitrogens with two attached hydrogens (primary N) is 1. The molecule has 8 heteroatoms. The molecule has 0 spiro atoms. The maximum Gasteiger partial charge on any atom is 0.327 e. The predicted octanol–water partition coefficient (Wildman–Crippen LogP) is 0.582. The van der Waals surface area contributed by atoms with Gasteiger partial charge >= 0.3 is 5.97 Å². The number of nitro benzene ring substituents is 1. The predicted molar refractivity (Wildman–Crippen MR) is 70.1 cm³/mol. The normalized spacial score (nSPS) is 11.2. The number of carboxylic acids is 1. The van der Waals surface area contributed by atoms with Crippen molar-refractivity contribution in [1.82, 2.24) is 0 Å². The first-order chi connectivity index (χ1) is 9.36. The van der Waals surface area contributed by atoms with Crippen molar-refractivity contribution in [1.29, 1.82) is 0 Å². The minimum atomic E-state index is -1.21. The van der Waals surface area contributed by atoms with Crippen molar-refractivity contribution in [3.63, 3.8) is 0 Å². The summed E-state index contributed by atoms with van der Waals surface area (Å²) in [6.07, 6.45) is 4.93. The number of carboxylic acid groups (broad SMARTS) is 1. The van der Waals surface area contributed by atoms with Crippen LogP contribution in [0.3, 0.4) is 0 Å². The molecule has 1 aromatic rings. The Hall–Kier alpha value is -3.08. The topological polar surface area (TPSA) is 136 Å². The van der Waals surface area contributed by atoms with Gasteiger partial charge in [-0.1, -0.05) is 0 Å². The molecule has 0 aliphatic carbocycles. The lowest BCUT2D eigenvalue weighted by Crippen LogP contribution is -2.30. The van der Waals surface area contributed by atoms with E-state index in [2.05, 4.69) is 11.2 Å². The van der Waals surface area contributed by atoms with Gasteiger partial charge in [0, 0.05) is 24.2 Å². The van der Waals surface area contributed by atoms with Crippen LogP contribution < -0.4 is 11.1 Å². The van der Waals surface area contributed by atoms with Gasteiger partial charge in [0.1, 0.15) is 6.04 Å². The lowest BCUT2D eigenvalue weighted by atomic mass is 10.1. The van der Waals surface area contributed by atoms with Gasteiger partial charge in [0.2, 0.25) is 0 Å². The van der Waals surface area contributed by atoms with Crippen LogP contribution in [0.25, 0.3) is 0 Å². The van der Waals surface area contributed by atoms with Crippen LogP contribution in [-0.2, 0) is 4.79 Å². The Morgan fingerprint density at radius 1 is 1.55 bits per heavy atom.